The lowest BCUT2D eigenvalue weighted by molar-refractivity contribution is -0.242. The van der Waals surface area contributed by atoms with Crippen LogP contribution in [0.15, 0.2) is 158 Å². The van der Waals surface area contributed by atoms with E-state index in [1.165, 1.54) is 57.7 Å². The third-order valence-electron chi connectivity index (χ3n) is 18.0. The first-order valence-corrected chi connectivity index (χ1v) is 33.9. The van der Waals surface area contributed by atoms with E-state index in [1.807, 2.05) is 18.8 Å². The van der Waals surface area contributed by atoms with Gasteiger partial charge in [-0.05, 0) is 94.8 Å². The number of carbonyl (C=O) groups excluding carboxylic acids is 9. The van der Waals surface area contributed by atoms with Crippen molar-refractivity contribution in [3.05, 3.63) is 198 Å². The molecule has 0 unspecified atom stereocenters. The molecule has 0 bridgehead atoms. The number of nitrogens with one attached hydrogen (secondary N) is 7. The maximum Gasteiger partial charge on any atom is 0.338 e. The van der Waals surface area contributed by atoms with Crippen molar-refractivity contribution in [2.75, 3.05) is 21.3 Å². The van der Waals surface area contributed by atoms with Gasteiger partial charge in [0.25, 0.3) is 28.8 Å². The van der Waals surface area contributed by atoms with Crippen molar-refractivity contribution in [1.82, 2.24) is 45.7 Å². The molecule has 6 amide bonds. The van der Waals surface area contributed by atoms with Crippen molar-refractivity contribution in [1.29, 1.82) is 0 Å². The SMILES string of the molecule is CNC(=O)[C@H](O[C@H]1OC(C(=O)N[C@H]2CCC[C@@H](C)NC2=O)=C[C@H](O)[C@@H]1O)[C@H]1O[C@@H](n2ccc(=O)[nH]c2=O)[C@H](O)[C@@H]1OC.CO[C@H]1[C@@H](OC(=O)c2ccccc2)[C@H](n2ccc(=O)[nH]c2=O)O[C@@H]1[C@@H](O[C@H]1OC(C(=O)N[C@H]2CCC[C@@H](C)NC2=O)=C[C@H](OC(=O)c2ccccc2)[C@@H]1OC(=O)c1ccccc1)C(N)=O. The summed E-state index contributed by atoms with van der Waals surface area (Å²) in [6.07, 6.45) is -18.9. The van der Waals surface area contributed by atoms with Crippen LogP contribution >= 0.6 is 0 Å². The summed E-state index contributed by atoms with van der Waals surface area (Å²) in [5, 5.41) is 45.1. The Morgan fingerprint density at radius 3 is 1.45 bits per heavy atom. The molecule has 3 aromatic carbocycles. The highest BCUT2D eigenvalue weighted by molar-refractivity contribution is 5.97. The Hall–Kier alpha value is -11.0. The second-order valence-corrected chi connectivity index (χ2v) is 25.5. The van der Waals surface area contributed by atoms with Gasteiger partial charge in [0.15, 0.2) is 48.4 Å². The average molecular weight is 1490 g/mol. The summed E-state index contributed by atoms with van der Waals surface area (Å²) in [5.74, 6) is -8.53. The van der Waals surface area contributed by atoms with E-state index >= 15 is 0 Å². The van der Waals surface area contributed by atoms with Crippen LogP contribution in [-0.2, 0) is 80.9 Å². The number of nitrogens with two attached hydrogens (primary N) is 1. The number of methoxy groups -OCH3 is 2. The average Bonchev–Trinajstić information content (AvgIpc) is 1.58. The van der Waals surface area contributed by atoms with Gasteiger partial charge in [0, 0.05) is 64.0 Å². The fourth-order valence-electron chi connectivity index (χ4n) is 12.6. The van der Waals surface area contributed by atoms with E-state index in [0.29, 0.717) is 25.7 Å². The topological polar surface area (TPSA) is 512 Å². The van der Waals surface area contributed by atoms with E-state index in [9.17, 15) is 77.6 Å². The van der Waals surface area contributed by atoms with Crippen LogP contribution < -0.4 is 54.8 Å². The van der Waals surface area contributed by atoms with Crippen molar-refractivity contribution in [2.24, 2.45) is 5.73 Å². The number of carbonyl (C=O) groups is 9. The van der Waals surface area contributed by atoms with E-state index in [4.69, 9.17) is 57.8 Å². The molecule has 5 aromatic rings. The lowest BCUT2D eigenvalue weighted by Gasteiger charge is -2.38. The van der Waals surface area contributed by atoms with Crippen molar-refractivity contribution >= 4 is 53.4 Å². The van der Waals surface area contributed by atoms with Crippen LogP contribution in [0.2, 0.25) is 0 Å². The van der Waals surface area contributed by atoms with Crippen molar-refractivity contribution in [3.8, 4) is 0 Å². The summed E-state index contributed by atoms with van der Waals surface area (Å²) in [6, 6.07) is 23.2. The van der Waals surface area contributed by atoms with Gasteiger partial charge in [-0.25, -0.2) is 24.0 Å². The third kappa shape index (κ3) is 18.8. The molecule has 0 aliphatic carbocycles. The second-order valence-electron chi connectivity index (χ2n) is 25.5. The number of H-pyrrole nitrogens is 2. The molecule has 8 heterocycles. The Labute approximate surface area is 606 Å². The van der Waals surface area contributed by atoms with Gasteiger partial charge in [-0.1, -0.05) is 54.6 Å². The lowest BCUT2D eigenvalue weighted by Crippen LogP contribution is -2.56. The molecule has 6 aliphatic heterocycles. The van der Waals surface area contributed by atoms with Gasteiger partial charge in [0.05, 0.1) is 16.7 Å². The van der Waals surface area contributed by atoms with Crippen molar-refractivity contribution in [3.63, 3.8) is 0 Å². The van der Waals surface area contributed by atoms with E-state index in [-0.39, 0.29) is 41.1 Å². The minimum Gasteiger partial charge on any atom is -0.456 e. The van der Waals surface area contributed by atoms with Crippen LogP contribution in [0.3, 0.4) is 0 Å². The molecule has 20 atom stereocenters. The molecular weight excluding hydrogens is 1410 g/mol. The maximum absolute atomic E-state index is 14.1. The van der Waals surface area contributed by atoms with Crippen LogP contribution in [0.4, 0.5) is 0 Å². The second kappa shape index (κ2) is 35.4. The maximum atomic E-state index is 14.1. The Morgan fingerprint density at radius 2 is 0.972 bits per heavy atom. The summed E-state index contributed by atoms with van der Waals surface area (Å²) in [6.45, 7) is 3.67. The Balaban J connectivity index is 0.000000251. The number of hydrogen-bond donors (Lipinski definition) is 11. The number of likely N-dealkylation sites (N-methyl/N-ethyl adjacent to an activating group) is 1. The summed E-state index contributed by atoms with van der Waals surface area (Å²) >= 11 is 0. The summed E-state index contributed by atoms with van der Waals surface area (Å²) in [5.41, 5.74) is 2.90. The fraction of sp³-hybridized carbons (Fsp3) is 0.443. The highest BCUT2D eigenvalue weighted by Gasteiger charge is 2.57. The summed E-state index contributed by atoms with van der Waals surface area (Å²) in [4.78, 5) is 173. The number of hydrogen-bond acceptors (Lipinski definition) is 27. The Morgan fingerprint density at radius 1 is 0.533 bits per heavy atom. The molecule has 37 nitrogen and oxygen atoms in total. The first kappa shape index (κ1) is 78.6. The smallest absolute Gasteiger partial charge is 0.338 e. The zero-order valence-electron chi connectivity index (χ0n) is 58.0. The number of aromatic amines is 2. The molecule has 37 heteroatoms. The minimum atomic E-state index is -2.04. The van der Waals surface area contributed by atoms with Crippen molar-refractivity contribution < 1.29 is 111 Å². The number of primary amides is 1. The highest BCUT2D eigenvalue weighted by Crippen LogP contribution is 2.39. The molecule has 0 spiro atoms. The molecule has 2 aromatic heterocycles. The predicted molar refractivity (Wildman–Crippen MR) is 363 cm³/mol. The lowest BCUT2D eigenvalue weighted by atomic mass is 10.0. The molecule has 11 rings (SSSR count). The van der Waals surface area contributed by atoms with E-state index in [2.05, 4.69) is 31.6 Å². The monoisotopic (exact) mass is 1490 g/mol. The van der Waals surface area contributed by atoms with E-state index < -0.39 is 192 Å². The molecular formula is C70H80N10O27. The van der Waals surface area contributed by atoms with Gasteiger partial charge >= 0.3 is 29.3 Å². The molecule has 107 heavy (non-hydrogen) atoms. The number of amides is 6. The summed E-state index contributed by atoms with van der Waals surface area (Å²) in [7, 11) is 3.69. The zero-order chi connectivity index (χ0) is 76.9. The van der Waals surface area contributed by atoms with Gasteiger partial charge in [-0.15, -0.1) is 0 Å². The molecule has 0 saturated carbocycles. The number of aliphatic hydroxyl groups excluding tert-OH is 3. The molecule has 12 N–H and O–H groups in total. The molecule has 572 valence electrons. The minimum absolute atomic E-state index is 0.0443. The molecule has 6 aliphatic rings. The van der Waals surface area contributed by atoms with Crippen LogP contribution in [0.1, 0.15) is 95.9 Å². The highest BCUT2D eigenvalue weighted by atomic mass is 16.7. The Kier molecular flexibility index (Phi) is 26.0. The number of ether oxygens (including phenoxy) is 11. The summed E-state index contributed by atoms with van der Waals surface area (Å²) < 4.78 is 66.3. The fourth-order valence-corrected chi connectivity index (χ4v) is 12.6. The van der Waals surface area contributed by atoms with Crippen molar-refractivity contribution in [2.45, 2.75) is 175 Å². The largest absolute Gasteiger partial charge is 0.456 e. The molecule has 0 radical (unpaired) electrons. The standard InChI is InChI=1S/C45H45N5O15.C25H35N5O12/c1-24-13-12-20-28(38(53)47-24)48-39(54)30-23-29(60-41(55)25-14-6-3-7-15-25)32(63-42(56)26-16-8-4-9-17-26)44(61-30)65-35(37(46)52)34-33(59-2)36(64-43(57)27-18-10-5-11-19-27)40(62-34)50-22-21-31(51)49-45(50)58;1-10-5-4-6-11(20(35)27-10)28-21(36)13-9-12(31)15(33)24(40-13)42-19(22(37)26-2)18-17(39-3)16(34)23(41-18)30-8-7-14(32)29-25(30)38/h3-11,14-19,21-24,28-29,32-36,40,44H,12-13,20H2,1-2H3,(H2,46,52)(H,47,53)(H,48,54)(H,49,51,58);7-12,15-19,23-24,31,33-34H,4-6H2,1-3H3,(H,26,37)(H,27,35)(H,28,36)(H,29,32,38)/t24-,28+,29+,32+,33-,34+,35-,36-,40-,44-;10-,11+,12+,15+,16-,17+,18+,19-,23-,24-/m11/s1. The van der Waals surface area contributed by atoms with Gasteiger partial charge in [-0.2, -0.15) is 0 Å². The normalized spacial score (nSPS) is 28.9. The number of nitrogens with zero attached hydrogens (tertiary/aromatic N) is 2. The van der Waals surface area contributed by atoms with Crippen LogP contribution in [-0.4, -0.2) is 219 Å². The third-order valence-corrected chi connectivity index (χ3v) is 18.0. The number of aromatic nitrogens is 4. The van der Waals surface area contributed by atoms with Crippen LogP contribution in [0.5, 0.6) is 0 Å². The van der Waals surface area contributed by atoms with Crippen LogP contribution in [0, 0.1) is 0 Å². The van der Waals surface area contributed by atoms with Gasteiger partial charge in [-0.3, -0.25) is 57.5 Å². The van der Waals surface area contributed by atoms with Gasteiger partial charge < -0.3 is 99.7 Å². The first-order valence-electron chi connectivity index (χ1n) is 33.9. The Bertz CT molecular complexity index is 4360. The van der Waals surface area contributed by atoms with Crippen LogP contribution in [0.25, 0.3) is 0 Å². The number of rotatable bonds is 22. The molecule has 4 fully saturated rings. The van der Waals surface area contributed by atoms with Gasteiger partial charge in [0.1, 0.15) is 54.8 Å². The van der Waals surface area contributed by atoms with E-state index in [1.54, 1.807) is 54.6 Å². The first-order chi connectivity index (χ1) is 51.2. The van der Waals surface area contributed by atoms with Gasteiger partial charge in [0.2, 0.25) is 36.4 Å². The van der Waals surface area contributed by atoms with E-state index in [0.717, 1.165) is 52.2 Å². The number of aliphatic hydroxyl groups is 3. The predicted octanol–water partition coefficient (Wildman–Crippen LogP) is -2.51. The number of esters is 3. The molecule has 4 saturated heterocycles. The quantitative estimate of drug-likeness (QED) is 0.0252. The zero-order valence-corrected chi connectivity index (χ0v) is 58.0. The number of benzene rings is 3.